The lowest BCUT2D eigenvalue weighted by molar-refractivity contribution is -0.167. The number of hydrogen-bond donors (Lipinski definition) is 0. The molecule has 0 radical (unpaired) electrons. The van der Waals surface area contributed by atoms with Crippen molar-refractivity contribution in [1.82, 2.24) is 0 Å². The number of unbranched alkanes of at least 4 members (excludes halogenated alkanes) is 29. The van der Waals surface area contributed by atoms with Crippen LogP contribution in [-0.4, -0.2) is 37.2 Å². The van der Waals surface area contributed by atoms with Crippen LogP contribution in [0.15, 0.2) is 134 Å². The lowest BCUT2D eigenvalue weighted by Crippen LogP contribution is -2.30. The maximum atomic E-state index is 12.9. The third-order valence-electron chi connectivity index (χ3n) is 14.6. The molecule has 0 aliphatic heterocycles. The Morgan fingerprint density at radius 2 is 0.470 bits per heavy atom. The zero-order valence-electron chi connectivity index (χ0n) is 54.2. The fraction of sp³-hybridized carbons (Fsp3) is 0.675. The van der Waals surface area contributed by atoms with Gasteiger partial charge in [-0.2, -0.15) is 0 Å². The molecule has 6 nitrogen and oxygen atoms in total. The summed E-state index contributed by atoms with van der Waals surface area (Å²) in [7, 11) is 0. The number of carbonyl (C=O) groups is 3. The highest BCUT2D eigenvalue weighted by molar-refractivity contribution is 5.71. The van der Waals surface area contributed by atoms with Crippen LogP contribution in [0.3, 0.4) is 0 Å². The lowest BCUT2D eigenvalue weighted by Gasteiger charge is -2.18. The van der Waals surface area contributed by atoms with Crippen LogP contribution in [0, 0.1) is 0 Å². The molecule has 0 amide bonds. The van der Waals surface area contributed by atoms with Crippen molar-refractivity contribution in [1.29, 1.82) is 0 Å². The Hall–Kier alpha value is -4.45. The summed E-state index contributed by atoms with van der Waals surface area (Å²) >= 11 is 0. The highest BCUT2D eigenvalue weighted by atomic mass is 16.6. The second-order valence-electron chi connectivity index (χ2n) is 22.7. The summed E-state index contributed by atoms with van der Waals surface area (Å²) in [5.41, 5.74) is 0. The number of rotatable bonds is 62. The smallest absolute Gasteiger partial charge is 0.306 e. The molecule has 6 heteroatoms. The normalized spacial score (nSPS) is 13.0. The molecule has 0 heterocycles. The second-order valence-corrected chi connectivity index (χ2v) is 22.7. The molecule has 0 aliphatic carbocycles. The van der Waals surface area contributed by atoms with Gasteiger partial charge in [0.15, 0.2) is 6.10 Å². The highest BCUT2D eigenvalue weighted by Gasteiger charge is 2.19. The molecule has 0 aromatic heterocycles. The van der Waals surface area contributed by atoms with E-state index in [0.717, 1.165) is 135 Å². The Labute approximate surface area is 513 Å². The zero-order valence-corrected chi connectivity index (χ0v) is 54.2. The van der Waals surface area contributed by atoms with Crippen molar-refractivity contribution >= 4 is 17.9 Å². The van der Waals surface area contributed by atoms with Gasteiger partial charge in [0.05, 0.1) is 0 Å². The fourth-order valence-corrected chi connectivity index (χ4v) is 9.47. The lowest BCUT2D eigenvalue weighted by atomic mass is 10.0. The van der Waals surface area contributed by atoms with Gasteiger partial charge >= 0.3 is 17.9 Å². The predicted octanol–water partition coefficient (Wildman–Crippen LogP) is 24.1. The van der Waals surface area contributed by atoms with Gasteiger partial charge in [0, 0.05) is 19.3 Å². The van der Waals surface area contributed by atoms with E-state index in [1.165, 1.54) is 141 Å². The molecule has 0 bridgehead atoms. The number of ether oxygens (including phenoxy) is 3. The van der Waals surface area contributed by atoms with Crippen LogP contribution in [-0.2, 0) is 28.6 Å². The molecule has 0 spiro atoms. The van der Waals surface area contributed by atoms with Crippen LogP contribution >= 0.6 is 0 Å². The minimum atomic E-state index is -0.793. The maximum absolute atomic E-state index is 12.9. The molecule has 0 rings (SSSR count). The number of hydrogen-bond acceptors (Lipinski definition) is 6. The van der Waals surface area contributed by atoms with Crippen LogP contribution in [0.5, 0.6) is 0 Å². The van der Waals surface area contributed by atoms with Crippen molar-refractivity contribution < 1.29 is 28.6 Å². The van der Waals surface area contributed by atoms with Gasteiger partial charge in [-0.15, -0.1) is 0 Å². The van der Waals surface area contributed by atoms with E-state index in [1.807, 2.05) is 0 Å². The predicted molar refractivity (Wildman–Crippen MR) is 362 cm³/mol. The summed E-state index contributed by atoms with van der Waals surface area (Å²) in [4.78, 5) is 38.3. The minimum Gasteiger partial charge on any atom is -0.462 e. The summed E-state index contributed by atoms with van der Waals surface area (Å²) in [6.07, 6.45) is 99.1. The van der Waals surface area contributed by atoms with Gasteiger partial charge in [-0.05, 0) is 122 Å². The van der Waals surface area contributed by atoms with Gasteiger partial charge in [0.25, 0.3) is 0 Å². The molecule has 0 fully saturated rings. The quantitative estimate of drug-likeness (QED) is 0.0261. The Balaban J connectivity index is 4.27. The third-order valence-corrected chi connectivity index (χ3v) is 14.6. The SMILES string of the molecule is CC/C=C\C/C=C\C/C=C\C/C=C\C/C=C\C/C=C\C/C=C\C/C=C\CCCCCCC(=O)OCC(COC(=O)CCCCCCCCCCC)OC(=O)CCCCCCCCCCCCCC/C=C\C/C=C\C/C=C\CCCCCCC. The molecule has 0 saturated heterocycles. The van der Waals surface area contributed by atoms with Gasteiger partial charge in [-0.1, -0.05) is 309 Å². The van der Waals surface area contributed by atoms with Crippen LogP contribution < -0.4 is 0 Å². The van der Waals surface area contributed by atoms with E-state index >= 15 is 0 Å². The standard InChI is InChI=1S/C77H128O6/c1-4-7-10-13-16-19-21-23-25-27-29-31-33-35-37-38-40-41-43-45-47-49-51-53-55-58-61-64-67-70-76(79)82-73-74(72-81-75(78)69-66-63-60-57-18-15-12-9-6-3)83-77(80)71-68-65-62-59-56-54-52-50-48-46-44-42-39-36-34-32-30-28-26-24-22-20-17-14-11-8-5-2/h7,10,16,19,22-25,28-31,34-37,40-41,45,47,51,53,74H,4-6,8-9,11-15,17-18,20-21,26-27,32-33,38-39,42-44,46,48-50,52,54-73H2,1-3H3/b10-7-,19-16-,24-22-,25-23-,30-28-,31-29-,36-34-,37-35-,41-40-,47-45-,53-51-. The monoisotopic (exact) mass is 1150 g/mol. The second kappa shape index (κ2) is 70.0. The average molecular weight is 1150 g/mol. The van der Waals surface area contributed by atoms with E-state index in [9.17, 15) is 14.4 Å². The van der Waals surface area contributed by atoms with Crippen LogP contribution in [0.1, 0.15) is 316 Å². The Kier molecular flexibility index (Phi) is 66.3. The summed E-state index contributed by atoms with van der Waals surface area (Å²) < 4.78 is 16.9. The largest absolute Gasteiger partial charge is 0.462 e. The van der Waals surface area contributed by atoms with Crippen molar-refractivity contribution in [2.45, 2.75) is 322 Å². The number of esters is 3. The Morgan fingerprint density at radius 3 is 0.735 bits per heavy atom. The van der Waals surface area contributed by atoms with Gasteiger partial charge in [0.1, 0.15) is 13.2 Å². The van der Waals surface area contributed by atoms with E-state index < -0.39 is 6.10 Å². The van der Waals surface area contributed by atoms with Gasteiger partial charge in [-0.25, -0.2) is 0 Å². The Bertz CT molecular complexity index is 1750. The summed E-state index contributed by atoms with van der Waals surface area (Å²) in [5, 5.41) is 0. The first-order valence-corrected chi connectivity index (χ1v) is 34.7. The Morgan fingerprint density at radius 1 is 0.253 bits per heavy atom. The van der Waals surface area contributed by atoms with Crippen molar-refractivity contribution in [2.24, 2.45) is 0 Å². The molecule has 83 heavy (non-hydrogen) atoms. The van der Waals surface area contributed by atoms with Crippen molar-refractivity contribution in [3.05, 3.63) is 134 Å². The van der Waals surface area contributed by atoms with E-state index in [4.69, 9.17) is 14.2 Å². The van der Waals surface area contributed by atoms with Crippen LogP contribution in [0.4, 0.5) is 0 Å². The molecule has 472 valence electrons. The van der Waals surface area contributed by atoms with E-state index in [2.05, 4.69) is 154 Å². The molecule has 0 aliphatic rings. The topological polar surface area (TPSA) is 78.9 Å². The van der Waals surface area contributed by atoms with Gasteiger partial charge < -0.3 is 14.2 Å². The van der Waals surface area contributed by atoms with Crippen molar-refractivity contribution in [3.63, 3.8) is 0 Å². The summed E-state index contributed by atoms with van der Waals surface area (Å²) in [6.45, 7) is 6.49. The molecular formula is C77H128O6. The molecule has 0 saturated carbocycles. The first-order chi connectivity index (χ1) is 41.0. The molecule has 0 aromatic carbocycles. The van der Waals surface area contributed by atoms with Crippen LogP contribution in [0.25, 0.3) is 0 Å². The highest BCUT2D eigenvalue weighted by Crippen LogP contribution is 2.16. The van der Waals surface area contributed by atoms with E-state index in [1.54, 1.807) is 0 Å². The number of carbonyl (C=O) groups excluding carboxylic acids is 3. The average Bonchev–Trinajstić information content (AvgIpc) is 3.49. The maximum Gasteiger partial charge on any atom is 0.306 e. The zero-order chi connectivity index (χ0) is 59.9. The summed E-state index contributed by atoms with van der Waals surface area (Å²) in [6, 6.07) is 0. The third kappa shape index (κ3) is 68.2. The number of allylic oxidation sites excluding steroid dienone is 22. The fourth-order valence-electron chi connectivity index (χ4n) is 9.47. The van der Waals surface area contributed by atoms with Crippen molar-refractivity contribution in [2.75, 3.05) is 13.2 Å². The molecule has 1 atom stereocenters. The molecule has 0 aromatic rings. The first kappa shape index (κ1) is 78.5. The molecular weight excluding hydrogens is 1020 g/mol. The molecule has 0 N–H and O–H groups in total. The van der Waals surface area contributed by atoms with Crippen molar-refractivity contribution in [3.8, 4) is 0 Å². The van der Waals surface area contributed by atoms with E-state index in [-0.39, 0.29) is 31.1 Å². The van der Waals surface area contributed by atoms with Crippen LogP contribution in [0.2, 0.25) is 0 Å². The van der Waals surface area contributed by atoms with E-state index in [0.29, 0.717) is 19.3 Å². The van der Waals surface area contributed by atoms with Gasteiger partial charge in [-0.3, -0.25) is 14.4 Å². The first-order valence-electron chi connectivity index (χ1n) is 34.7. The minimum absolute atomic E-state index is 0.0879. The molecule has 1 unspecified atom stereocenters. The summed E-state index contributed by atoms with van der Waals surface area (Å²) in [5.74, 6) is -0.913. The van der Waals surface area contributed by atoms with Gasteiger partial charge in [0.2, 0.25) is 0 Å².